The topological polar surface area (TPSA) is 26.0 Å². The molecule has 0 spiro atoms. The Hall–Kier alpha value is -0.0400. The molecule has 0 unspecified atom stereocenters. The summed E-state index contributed by atoms with van der Waals surface area (Å²) in [5.74, 6) is 0. The maximum atomic E-state index is 5.11. The predicted octanol–water partition coefficient (Wildman–Crippen LogP) is 2.55. The normalized spacial score (nSPS) is 8.67. The van der Waals surface area contributed by atoms with E-state index in [-0.39, 0.29) is 0 Å². The Bertz CT molecular complexity index is 28.8. The zero-order chi connectivity index (χ0) is 7.70. The molecule has 1 heteroatoms. The Balaban J connectivity index is 0. The van der Waals surface area contributed by atoms with Gasteiger partial charge in [-0.1, -0.05) is 47.0 Å². The van der Waals surface area contributed by atoms with E-state index in [2.05, 4.69) is 13.8 Å². The minimum Gasteiger partial charge on any atom is -0.328 e. The van der Waals surface area contributed by atoms with Crippen LogP contribution in [0.25, 0.3) is 0 Å². The standard InChI is InChI=1S/C5H12.C3H9N/c1-3-5-4-2;1-3(2)4/h3-5H2,1-2H3;3H,4H2,1-2H3. The van der Waals surface area contributed by atoms with Crippen LogP contribution in [-0.2, 0) is 0 Å². The lowest BCUT2D eigenvalue weighted by Gasteiger charge is -1.81. The SMILES string of the molecule is CC(C)N.CCCCC. The van der Waals surface area contributed by atoms with Crippen LogP contribution in [0.3, 0.4) is 0 Å². The van der Waals surface area contributed by atoms with E-state index < -0.39 is 0 Å². The maximum absolute atomic E-state index is 5.11. The van der Waals surface area contributed by atoms with E-state index >= 15 is 0 Å². The Labute approximate surface area is 59.6 Å². The highest BCUT2D eigenvalue weighted by atomic mass is 14.6. The average Bonchev–Trinajstić information content (AvgIpc) is 1.66. The third-order valence-corrected chi connectivity index (χ3v) is 0.707. The van der Waals surface area contributed by atoms with Crippen molar-refractivity contribution in [2.45, 2.75) is 53.0 Å². The van der Waals surface area contributed by atoms with Crippen LogP contribution in [0.15, 0.2) is 0 Å². The van der Waals surface area contributed by atoms with Gasteiger partial charge in [0.05, 0.1) is 0 Å². The fourth-order valence-corrected chi connectivity index (χ4v) is 0.354. The van der Waals surface area contributed by atoms with Crippen molar-refractivity contribution >= 4 is 0 Å². The van der Waals surface area contributed by atoms with E-state index in [1.54, 1.807) is 0 Å². The van der Waals surface area contributed by atoms with Gasteiger partial charge in [0.2, 0.25) is 0 Å². The van der Waals surface area contributed by atoms with Crippen molar-refractivity contribution in [3.05, 3.63) is 0 Å². The van der Waals surface area contributed by atoms with Crippen molar-refractivity contribution in [3.63, 3.8) is 0 Å². The van der Waals surface area contributed by atoms with E-state index in [4.69, 9.17) is 5.73 Å². The van der Waals surface area contributed by atoms with E-state index in [9.17, 15) is 0 Å². The summed E-state index contributed by atoms with van der Waals surface area (Å²) in [5.41, 5.74) is 5.11. The number of nitrogens with two attached hydrogens (primary N) is 1. The number of hydrogen-bond donors (Lipinski definition) is 1. The molecule has 0 saturated carbocycles. The van der Waals surface area contributed by atoms with Crippen molar-refractivity contribution in [1.29, 1.82) is 0 Å². The van der Waals surface area contributed by atoms with E-state index in [0.717, 1.165) is 0 Å². The van der Waals surface area contributed by atoms with Crippen molar-refractivity contribution < 1.29 is 0 Å². The first-order valence-electron chi connectivity index (χ1n) is 3.90. The molecule has 0 aromatic carbocycles. The highest BCUT2D eigenvalue weighted by molar-refractivity contribution is 4.32. The highest BCUT2D eigenvalue weighted by Crippen LogP contribution is 1.88. The Morgan fingerprint density at radius 3 is 1.33 bits per heavy atom. The van der Waals surface area contributed by atoms with Gasteiger partial charge in [-0.05, 0) is 6.04 Å². The molecule has 0 fully saturated rings. The molecule has 0 aliphatic heterocycles. The summed E-state index contributed by atoms with van der Waals surface area (Å²) >= 11 is 0. The smallest absolute Gasteiger partial charge is 0.00179 e. The molecule has 0 radical (unpaired) electrons. The monoisotopic (exact) mass is 131 g/mol. The zero-order valence-corrected chi connectivity index (χ0v) is 7.28. The molecule has 0 saturated heterocycles. The van der Waals surface area contributed by atoms with Gasteiger partial charge in [0, 0.05) is 0 Å². The minimum atomic E-state index is 0.333. The summed E-state index contributed by atoms with van der Waals surface area (Å²) in [5, 5.41) is 0. The van der Waals surface area contributed by atoms with Gasteiger partial charge in [0.15, 0.2) is 0 Å². The molecule has 0 heterocycles. The summed E-state index contributed by atoms with van der Waals surface area (Å²) in [6.45, 7) is 8.31. The summed E-state index contributed by atoms with van der Waals surface area (Å²) in [4.78, 5) is 0. The summed E-state index contributed by atoms with van der Waals surface area (Å²) in [6, 6.07) is 0.333. The van der Waals surface area contributed by atoms with E-state index in [0.29, 0.717) is 6.04 Å². The lowest BCUT2D eigenvalue weighted by atomic mass is 10.3. The number of hydrogen-bond acceptors (Lipinski definition) is 1. The Morgan fingerprint density at radius 2 is 1.33 bits per heavy atom. The van der Waals surface area contributed by atoms with Gasteiger partial charge in [-0.25, -0.2) is 0 Å². The minimum absolute atomic E-state index is 0.333. The number of rotatable bonds is 2. The van der Waals surface area contributed by atoms with Crippen LogP contribution in [0, 0.1) is 0 Å². The van der Waals surface area contributed by atoms with E-state index in [1.807, 2.05) is 13.8 Å². The van der Waals surface area contributed by atoms with Gasteiger partial charge in [-0.2, -0.15) is 0 Å². The molecule has 2 N–H and O–H groups in total. The first kappa shape index (κ1) is 11.7. The molecule has 0 rings (SSSR count). The van der Waals surface area contributed by atoms with Crippen LogP contribution in [0.1, 0.15) is 47.0 Å². The molecular formula is C8H21N. The average molecular weight is 131 g/mol. The molecule has 0 aliphatic carbocycles. The van der Waals surface area contributed by atoms with Crippen LogP contribution < -0.4 is 5.73 Å². The third-order valence-electron chi connectivity index (χ3n) is 0.707. The third kappa shape index (κ3) is 73.6. The summed E-state index contributed by atoms with van der Waals surface area (Å²) in [7, 11) is 0. The molecule has 0 aromatic heterocycles. The molecule has 0 atom stereocenters. The van der Waals surface area contributed by atoms with Crippen molar-refractivity contribution in [1.82, 2.24) is 0 Å². The molecule has 0 amide bonds. The van der Waals surface area contributed by atoms with Crippen LogP contribution >= 0.6 is 0 Å². The van der Waals surface area contributed by atoms with Gasteiger partial charge in [0.1, 0.15) is 0 Å². The fourth-order valence-electron chi connectivity index (χ4n) is 0.354. The van der Waals surface area contributed by atoms with Crippen LogP contribution in [0.4, 0.5) is 0 Å². The van der Waals surface area contributed by atoms with Crippen LogP contribution in [-0.4, -0.2) is 6.04 Å². The second kappa shape index (κ2) is 10.9. The molecule has 58 valence electrons. The molecule has 0 bridgehead atoms. The van der Waals surface area contributed by atoms with Gasteiger partial charge in [-0.15, -0.1) is 0 Å². The zero-order valence-electron chi connectivity index (χ0n) is 7.28. The quantitative estimate of drug-likeness (QED) is 0.612. The first-order chi connectivity index (χ1) is 4.15. The lowest BCUT2D eigenvalue weighted by Crippen LogP contribution is -2.06. The van der Waals surface area contributed by atoms with E-state index in [1.165, 1.54) is 19.3 Å². The van der Waals surface area contributed by atoms with Gasteiger partial charge < -0.3 is 5.73 Å². The van der Waals surface area contributed by atoms with Crippen molar-refractivity contribution in [3.8, 4) is 0 Å². The summed E-state index contributed by atoms with van der Waals surface area (Å²) in [6.07, 6.45) is 4.08. The molecule has 0 aromatic rings. The van der Waals surface area contributed by atoms with Gasteiger partial charge in [-0.3, -0.25) is 0 Å². The Kier molecular flexibility index (Phi) is 14.1. The van der Waals surface area contributed by atoms with Crippen LogP contribution in [0.5, 0.6) is 0 Å². The Morgan fingerprint density at radius 1 is 1.11 bits per heavy atom. The largest absolute Gasteiger partial charge is 0.328 e. The first-order valence-corrected chi connectivity index (χ1v) is 3.90. The molecule has 9 heavy (non-hydrogen) atoms. The fraction of sp³-hybridized carbons (Fsp3) is 1.00. The number of unbranched alkanes of at least 4 members (excludes halogenated alkanes) is 2. The maximum Gasteiger partial charge on any atom is -0.00179 e. The van der Waals surface area contributed by atoms with Crippen LogP contribution in [0.2, 0.25) is 0 Å². The second-order valence-electron chi connectivity index (χ2n) is 2.60. The lowest BCUT2D eigenvalue weighted by molar-refractivity contribution is 0.772. The molecule has 0 aliphatic rings. The molecular weight excluding hydrogens is 110 g/mol. The predicted molar refractivity (Wildman–Crippen MR) is 44.5 cm³/mol. The summed E-state index contributed by atoms with van der Waals surface area (Å²) < 4.78 is 0. The second-order valence-corrected chi connectivity index (χ2v) is 2.60. The van der Waals surface area contributed by atoms with Gasteiger partial charge >= 0.3 is 0 Å². The van der Waals surface area contributed by atoms with Crippen molar-refractivity contribution in [2.24, 2.45) is 5.73 Å². The van der Waals surface area contributed by atoms with Crippen molar-refractivity contribution in [2.75, 3.05) is 0 Å². The molecule has 1 nitrogen and oxygen atoms in total. The van der Waals surface area contributed by atoms with Gasteiger partial charge in [0.25, 0.3) is 0 Å². The highest BCUT2D eigenvalue weighted by Gasteiger charge is 1.68.